The maximum atomic E-state index is 13.7. The van der Waals surface area contributed by atoms with Gasteiger partial charge >= 0.3 is 5.97 Å². The molecule has 0 N–H and O–H groups in total. The van der Waals surface area contributed by atoms with Gasteiger partial charge in [0.05, 0.1) is 39.0 Å². The van der Waals surface area contributed by atoms with Crippen molar-refractivity contribution >= 4 is 89.1 Å². The van der Waals surface area contributed by atoms with Crippen LogP contribution in [0.25, 0.3) is 11.0 Å². The zero-order valence-corrected chi connectivity index (χ0v) is 23.4. The van der Waals surface area contributed by atoms with E-state index in [0.29, 0.717) is 41.9 Å². The fraction of sp³-hybridized carbons (Fsp3) is 0.182. The maximum Gasteiger partial charge on any atom is 0.348 e. The van der Waals surface area contributed by atoms with Crippen LogP contribution in [0.15, 0.2) is 61.2 Å². The van der Waals surface area contributed by atoms with E-state index in [9.17, 15) is 13.2 Å². The number of sulfone groups is 1. The lowest BCUT2D eigenvalue weighted by atomic mass is 10.2. The molecule has 2 aromatic carbocycles. The van der Waals surface area contributed by atoms with Crippen molar-refractivity contribution in [3.8, 4) is 0 Å². The van der Waals surface area contributed by atoms with Gasteiger partial charge in [0, 0.05) is 20.1 Å². The molecule has 2 heterocycles. The third-order valence-corrected chi connectivity index (χ3v) is 10.5. The third kappa shape index (κ3) is 4.76. The van der Waals surface area contributed by atoms with Crippen LogP contribution in [0, 0.1) is 0 Å². The summed E-state index contributed by atoms with van der Waals surface area (Å²) in [4.78, 5) is 17.0. The second-order valence-electron chi connectivity index (χ2n) is 7.04. The highest BCUT2D eigenvalue weighted by Gasteiger charge is 2.28. The van der Waals surface area contributed by atoms with Gasteiger partial charge in [-0.3, -0.25) is 0 Å². The Balaban J connectivity index is 1.82. The molecule has 178 valence electrons. The summed E-state index contributed by atoms with van der Waals surface area (Å²) in [6, 6.07) is 9.71. The molecule has 0 bridgehead atoms. The predicted octanol–water partition coefficient (Wildman–Crippen LogP) is 6.95. The number of thiophene rings is 1. The van der Waals surface area contributed by atoms with Crippen molar-refractivity contribution in [2.45, 2.75) is 27.5 Å². The highest BCUT2D eigenvalue weighted by atomic mass is 79.9. The second-order valence-corrected chi connectivity index (χ2v) is 12.7. The quantitative estimate of drug-likeness (QED) is 0.165. The minimum absolute atomic E-state index is 0.0690. The first-order chi connectivity index (χ1) is 16.2. The van der Waals surface area contributed by atoms with Gasteiger partial charge in [-0.15, -0.1) is 23.1 Å². The molecule has 0 aliphatic carbocycles. The zero-order valence-electron chi connectivity index (χ0n) is 17.8. The van der Waals surface area contributed by atoms with Gasteiger partial charge in [0.15, 0.2) is 0 Å². The van der Waals surface area contributed by atoms with Crippen LogP contribution in [0.5, 0.6) is 0 Å². The van der Waals surface area contributed by atoms with E-state index in [4.69, 9.17) is 27.9 Å². The van der Waals surface area contributed by atoms with Gasteiger partial charge in [-0.1, -0.05) is 29.3 Å². The number of carbonyl (C=O) groups excluding carboxylic acids is 1. The number of halogens is 3. The molecular formula is C22H17BrCl2N2O4S3. The maximum absolute atomic E-state index is 13.7. The Morgan fingerprint density at radius 2 is 1.94 bits per heavy atom. The highest BCUT2D eigenvalue weighted by molar-refractivity contribution is 9.10. The first kappa shape index (κ1) is 25.5. The van der Waals surface area contributed by atoms with Crippen LogP contribution in [0.1, 0.15) is 22.2 Å². The van der Waals surface area contributed by atoms with Gasteiger partial charge in [-0.2, -0.15) is 0 Å². The minimum Gasteiger partial charge on any atom is -0.462 e. The Labute approximate surface area is 223 Å². The molecule has 0 amide bonds. The molecule has 0 aliphatic heterocycles. The molecule has 0 atom stereocenters. The number of ether oxygens (including phenoxy) is 1. The first-order valence-corrected chi connectivity index (χ1v) is 14.9. The topological polar surface area (TPSA) is 78.3 Å². The molecule has 0 radical (unpaired) electrons. The van der Waals surface area contributed by atoms with Gasteiger partial charge in [0.1, 0.15) is 10.4 Å². The van der Waals surface area contributed by atoms with Crippen LogP contribution < -0.4 is 0 Å². The van der Waals surface area contributed by atoms with Crippen molar-refractivity contribution in [3.05, 3.63) is 67.7 Å². The molecule has 4 rings (SSSR count). The van der Waals surface area contributed by atoms with Gasteiger partial charge < -0.3 is 9.30 Å². The van der Waals surface area contributed by atoms with Crippen LogP contribution >= 0.6 is 62.2 Å². The SMILES string of the molecule is CCOC(=O)c1cc(S(=O)(=O)c2cc(Br)c3ncn(Cc4c(Cl)cccc4Cl)c3c2)c(SC)s1. The van der Waals surface area contributed by atoms with Crippen molar-refractivity contribution in [3.63, 3.8) is 0 Å². The van der Waals surface area contributed by atoms with Crippen molar-refractivity contribution in [1.82, 2.24) is 9.55 Å². The molecule has 0 fully saturated rings. The summed E-state index contributed by atoms with van der Waals surface area (Å²) in [5, 5.41) is 1.01. The fourth-order valence-corrected chi connectivity index (χ4v) is 8.50. The Morgan fingerprint density at radius 1 is 1.24 bits per heavy atom. The smallest absolute Gasteiger partial charge is 0.348 e. The van der Waals surface area contributed by atoms with Crippen molar-refractivity contribution in [1.29, 1.82) is 0 Å². The van der Waals surface area contributed by atoms with E-state index >= 15 is 0 Å². The largest absolute Gasteiger partial charge is 0.462 e. The normalized spacial score (nSPS) is 11.8. The lowest BCUT2D eigenvalue weighted by Crippen LogP contribution is -2.05. The average Bonchev–Trinajstić information content (AvgIpc) is 3.42. The first-order valence-electron chi connectivity index (χ1n) is 9.84. The number of carbonyl (C=O) groups is 1. The number of hydrogen-bond acceptors (Lipinski definition) is 7. The minimum atomic E-state index is -3.95. The monoisotopic (exact) mass is 618 g/mol. The fourth-order valence-electron chi connectivity index (χ4n) is 3.35. The number of imidazole rings is 1. The number of fused-ring (bicyclic) bond motifs is 1. The number of rotatable bonds is 7. The summed E-state index contributed by atoms with van der Waals surface area (Å²) in [5.41, 5.74) is 1.90. The molecule has 4 aromatic rings. The summed E-state index contributed by atoms with van der Waals surface area (Å²) < 4.78 is 35.2. The van der Waals surface area contributed by atoms with E-state index in [1.54, 1.807) is 48.3 Å². The molecule has 0 unspecified atom stereocenters. The molecule has 34 heavy (non-hydrogen) atoms. The van der Waals surface area contributed by atoms with Crippen LogP contribution in [-0.4, -0.2) is 36.8 Å². The Kier molecular flexibility index (Phi) is 7.66. The molecule has 0 spiro atoms. The summed E-state index contributed by atoms with van der Waals surface area (Å²) in [7, 11) is -3.95. The van der Waals surface area contributed by atoms with Crippen LogP contribution in [0.3, 0.4) is 0 Å². The van der Waals surface area contributed by atoms with E-state index in [-0.39, 0.29) is 21.3 Å². The molecule has 2 aromatic heterocycles. The Morgan fingerprint density at radius 3 is 2.59 bits per heavy atom. The summed E-state index contributed by atoms with van der Waals surface area (Å²) >= 11 is 18.5. The van der Waals surface area contributed by atoms with Crippen molar-refractivity contribution in [2.75, 3.05) is 12.9 Å². The molecule has 0 saturated carbocycles. The van der Waals surface area contributed by atoms with Gasteiger partial charge in [-0.05, 0) is 59.4 Å². The van der Waals surface area contributed by atoms with Gasteiger partial charge in [0.2, 0.25) is 9.84 Å². The van der Waals surface area contributed by atoms with Gasteiger partial charge in [-0.25, -0.2) is 18.2 Å². The third-order valence-electron chi connectivity index (χ3n) is 4.97. The standard InChI is InChI=1S/C22H17BrCl2N2O4S3/c1-3-31-21(28)18-9-19(22(32-2)33-18)34(29,30)12-7-14(23)20-17(8-12)27(11-26-20)10-13-15(24)5-4-6-16(13)25/h4-9,11H,3,10H2,1-2H3. The van der Waals surface area contributed by atoms with E-state index in [0.717, 1.165) is 11.3 Å². The summed E-state index contributed by atoms with van der Waals surface area (Å²) in [6.45, 7) is 2.22. The van der Waals surface area contributed by atoms with E-state index in [2.05, 4.69) is 20.9 Å². The number of nitrogens with zero attached hydrogens (tertiary/aromatic N) is 2. The second kappa shape index (κ2) is 10.2. The van der Waals surface area contributed by atoms with Crippen molar-refractivity contribution in [2.24, 2.45) is 0 Å². The van der Waals surface area contributed by atoms with Crippen LogP contribution in [0.2, 0.25) is 10.0 Å². The average molecular weight is 620 g/mol. The highest BCUT2D eigenvalue weighted by Crippen LogP contribution is 2.39. The number of benzene rings is 2. The Bertz CT molecular complexity index is 1500. The number of hydrogen-bond donors (Lipinski definition) is 0. The van der Waals surface area contributed by atoms with E-state index in [1.807, 2.05) is 0 Å². The number of thioether (sulfide) groups is 1. The Hall–Kier alpha value is -1.56. The van der Waals surface area contributed by atoms with Crippen LogP contribution in [-0.2, 0) is 21.1 Å². The van der Waals surface area contributed by atoms with Gasteiger partial charge in [0.25, 0.3) is 0 Å². The molecule has 0 aliphatic rings. The van der Waals surface area contributed by atoms with Crippen LogP contribution in [0.4, 0.5) is 0 Å². The number of esters is 1. The van der Waals surface area contributed by atoms with E-state index < -0.39 is 15.8 Å². The molecular weight excluding hydrogens is 603 g/mol. The molecule has 12 heteroatoms. The van der Waals surface area contributed by atoms with Crippen molar-refractivity contribution < 1.29 is 17.9 Å². The zero-order chi connectivity index (χ0) is 24.6. The number of aromatic nitrogens is 2. The molecule has 6 nitrogen and oxygen atoms in total. The summed E-state index contributed by atoms with van der Waals surface area (Å²) in [6.07, 6.45) is 3.38. The lowest BCUT2D eigenvalue weighted by molar-refractivity contribution is 0.0532. The molecule has 0 saturated heterocycles. The van der Waals surface area contributed by atoms with E-state index in [1.165, 1.54) is 23.9 Å². The predicted molar refractivity (Wildman–Crippen MR) is 141 cm³/mol. The lowest BCUT2D eigenvalue weighted by Gasteiger charge is -2.10. The summed E-state index contributed by atoms with van der Waals surface area (Å²) in [5.74, 6) is -0.546.